The third kappa shape index (κ3) is 6.97. The first-order chi connectivity index (χ1) is 14.5. The van der Waals surface area contributed by atoms with Crippen LogP contribution in [0.15, 0.2) is 47.4 Å². The molecule has 2 aromatic rings. The van der Waals surface area contributed by atoms with Gasteiger partial charge in [-0.25, -0.2) is 13.2 Å². The minimum absolute atomic E-state index is 0.0254. The lowest BCUT2D eigenvalue weighted by Gasteiger charge is -2.27. The molecule has 0 radical (unpaired) electrons. The van der Waals surface area contributed by atoms with Crippen LogP contribution in [0, 0.1) is 5.92 Å². The van der Waals surface area contributed by atoms with Gasteiger partial charge in [-0.05, 0) is 69.3 Å². The lowest BCUT2D eigenvalue weighted by Crippen LogP contribution is -2.32. The summed E-state index contributed by atoms with van der Waals surface area (Å²) in [6.07, 6.45) is 0.871. The number of hydrogen-bond acceptors (Lipinski definition) is 5. The monoisotopic (exact) mass is 447 g/mol. The minimum Gasteiger partial charge on any atom is -0.478 e. The van der Waals surface area contributed by atoms with Gasteiger partial charge in [0.2, 0.25) is 0 Å². The molecule has 7 nitrogen and oxygen atoms in total. The van der Waals surface area contributed by atoms with Gasteiger partial charge in [-0.3, -0.25) is 4.72 Å². The third-order valence-corrected chi connectivity index (χ3v) is 6.29. The minimum atomic E-state index is -3.88. The van der Waals surface area contributed by atoms with Crippen molar-refractivity contribution in [3.8, 4) is 0 Å². The molecule has 0 aliphatic rings. The summed E-state index contributed by atoms with van der Waals surface area (Å²) in [5.74, 6) is -0.634. The van der Waals surface area contributed by atoms with E-state index in [1.54, 1.807) is 18.2 Å². The maximum absolute atomic E-state index is 13.1. The number of nitrogens with one attached hydrogen (secondary N) is 1. The maximum atomic E-state index is 13.1. The first-order valence-electron chi connectivity index (χ1n) is 10.4. The Labute approximate surface area is 185 Å². The zero-order valence-corrected chi connectivity index (χ0v) is 19.7. The number of sulfonamides is 1. The summed E-state index contributed by atoms with van der Waals surface area (Å²) in [6.45, 7) is 8.30. The molecule has 0 bridgehead atoms. The van der Waals surface area contributed by atoms with E-state index in [0.717, 1.165) is 18.5 Å². The van der Waals surface area contributed by atoms with Crippen LogP contribution in [0.4, 0.5) is 11.4 Å². The lowest BCUT2D eigenvalue weighted by molar-refractivity contribution is 0.0697. The van der Waals surface area contributed by atoms with E-state index in [4.69, 9.17) is 0 Å². The van der Waals surface area contributed by atoms with Gasteiger partial charge in [-0.1, -0.05) is 26.0 Å². The van der Waals surface area contributed by atoms with E-state index in [1.165, 1.54) is 12.1 Å². The number of nitrogens with zero attached hydrogens (tertiary/aromatic N) is 2. The molecule has 0 amide bonds. The Bertz CT molecular complexity index is 986. The summed E-state index contributed by atoms with van der Waals surface area (Å²) in [5, 5.41) is 9.39. The summed E-state index contributed by atoms with van der Waals surface area (Å²) < 4.78 is 28.7. The van der Waals surface area contributed by atoms with Gasteiger partial charge in [0.05, 0.1) is 21.8 Å². The number of carboxylic acids is 1. The highest BCUT2D eigenvalue weighted by Gasteiger charge is 2.20. The highest BCUT2D eigenvalue weighted by molar-refractivity contribution is 7.92. The van der Waals surface area contributed by atoms with Crippen LogP contribution in [0.5, 0.6) is 0 Å². The Hall–Kier alpha value is -2.58. The van der Waals surface area contributed by atoms with Gasteiger partial charge < -0.3 is 14.9 Å². The van der Waals surface area contributed by atoms with E-state index in [0.29, 0.717) is 24.7 Å². The van der Waals surface area contributed by atoms with Crippen molar-refractivity contribution in [2.45, 2.75) is 32.1 Å². The smallest absolute Gasteiger partial charge is 0.335 e. The molecule has 8 heteroatoms. The molecule has 2 aromatic carbocycles. The van der Waals surface area contributed by atoms with Crippen LogP contribution in [0.2, 0.25) is 0 Å². The third-order valence-electron chi connectivity index (χ3n) is 4.90. The van der Waals surface area contributed by atoms with Crippen molar-refractivity contribution in [2.75, 3.05) is 43.4 Å². The summed E-state index contributed by atoms with van der Waals surface area (Å²) in [6, 6.07) is 11.3. The van der Waals surface area contributed by atoms with Crippen LogP contribution in [0.3, 0.4) is 0 Å². The summed E-state index contributed by atoms with van der Waals surface area (Å²) in [5.41, 5.74) is 2.00. The molecular weight excluding hydrogens is 414 g/mol. The number of aromatic carboxylic acids is 1. The van der Waals surface area contributed by atoms with Crippen molar-refractivity contribution in [1.29, 1.82) is 0 Å². The second kappa shape index (κ2) is 10.6. The second-order valence-corrected chi connectivity index (χ2v) is 9.95. The Morgan fingerprint density at radius 3 is 2.23 bits per heavy atom. The van der Waals surface area contributed by atoms with Gasteiger partial charge in [-0.15, -0.1) is 0 Å². The molecule has 2 N–H and O–H groups in total. The highest BCUT2D eigenvalue weighted by Crippen LogP contribution is 2.30. The topological polar surface area (TPSA) is 89.9 Å². The molecule has 31 heavy (non-hydrogen) atoms. The Morgan fingerprint density at radius 2 is 1.71 bits per heavy atom. The predicted octanol–water partition coefficient (Wildman–Crippen LogP) is 3.77. The molecular formula is C23H33N3O4S. The Morgan fingerprint density at radius 1 is 1.06 bits per heavy atom. The van der Waals surface area contributed by atoms with Crippen LogP contribution >= 0.6 is 0 Å². The van der Waals surface area contributed by atoms with E-state index in [-0.39, 0.29) is 16.1 Å². The lowest BCUT2D eigenvalue weighted by atomic mass is 10.0. The molecule has 0 aromatic heterocycles. The highest BCUT2D eigenvalue weighted by atomic mass is 32.2. The fraction of sp³-hybridized carbons (Fsp3) is 0.435. The number of anilines is 2. The van der Waals surface area contributed by atoms with Gasteiger partial charge in [-0.2, -0.15) is 0 Å². The van der Waals surface area contributed by atoms with Crippen LogP contribution in [-0.4, -0.2) is 58.1 Å². The SMILES string of the molecule is CCN(CCN(C)C)c1ccc(C(=O)O)cc1NS(=O)(=O)c1ccc(CC(C)C)cc1. The van der Waals surface area contributed by atoms with Crippen molar-refractivity contribution < 1.29 is 18.3 Å². The first kappa shape index (κ1) is 24.7. The van der Waals surface area contributed by atoms with E-state index in [9.17, 15) is 18.3 Å². The van der Waals surface area contributed by atoms with Crippen molar-refractivity contribution >= 4 is 27.4 Å². The first-order valence-corrected chi connectivity index (χ1v) is 11.9. The van der Waals surface area contributed by atoms with Crippen LogP contribution in [0.1, 0.15) is 36.7 Å². The molecule has 0 saturated carbocycles. The predicted molar refractivity (Wildman–Crippen MR) is 126 cm³/mol. The molecule has 0 unspecified atom stereocenters. The quantitative estimate of drug-likeness (QED) is 0.545. The molecule has 170 valence electrons. The number of benzene rings is 2. The fourth-order valence-electron chi connectivity index (χ4n) is 3.28. The maximum Gasteiger partial charge on any atom is 0.335 e. The van der Waals surface area contributed by atoms with Crippen molar-refractivity contribution in [1.82, 2.24) is 4.90 Å². The van der Waals surface area contributed by atoms with Gasteiger partial charge in [0.25, 0.3) is 10.0 Å². The van der Waals surface area contributed by atoms with Crippen LogP contribution < -0.4 is 9.62 Å². The number of carboxylic acid groups (broad SMARTS) is 1. The molecule has 0 aliphatic carbocycles. The molecule has 0 atom stereocenters. The standard InChI is InChI=1S/C23H33N3O4S/c1-6-26(14-13-25(4)5)22-12-9-19(23(27)28)16-21(22)24-31(29,30)20-10-7-18(8-11-20)15-17(2)3/h7-12,16-17,24H,6,13-15H2,1-5H3,(H,27,28). The normalized spacial score (nSPS) is 11.7. The average Bonchev–Trinajstić information content (AvgIpc) is 2.68. The van der Waals surface area contributed by atoms with E-state index in [2.05, 4.69) is 18.6 Å². The molecule has 0 aliphatic heterocycles. The molecule has 0 spiro atoms. The largest absolute Gasteiger partial charge is 0.478 e. The van der Waals surface area contributed by atoms with Gasteiger partial charge in [0, 0.05) is 19.6 Å². The summed E-state index contributed by atoms with van der Waals surface area (Å²) in [7, 11) is 0.0559. The average molecular weight is 448 g/mol. The molecule has 0 saturated heterocycles. The number of rotatable bonds is 11. The number of carbonyl (C=O) groups is 1. The fourth-order valence-corrected chi connectivity index (χ4v) is 4.34. The van der Waals surface area contributed by atoms with E-state index >= 15 is 0 Å². The molecule has 2 rings (SSSR count). The summed E-state index contributed by atoms with van der Waals surface area (Å²) in [4.78, 5) is 15.7. The van der Waals surface area contributed by atoms with Crippen molar-refractivity contribution in [3.63, 3.8) is 0 Å². The van der Waals surface area contributed by atoms with Crippen molar-refractivity contribution in [3.05, 3.63) is 53.6 Å². The Balaban J connectivity index is 2.40. The Kier molecular flexibility index (Phi) is 8.47. The molecule has 0 heterocycles. The number of hydrogen-bond donors (Lipinski definition) is 2. The summed E-state index contributed by atoms with van der Waals surface area (Å²) >= 11 is 0. The molecule has 0 fully saturated rings. The van der Waals surface area contributed by atoms with Gasteiger partial charge in [0.15, 0.2) is 0 Å². The second-order valence-electron chi connectivity index (χ2n) is 8.27. The van der Waals surface area contributed by atoms with E-state index < -0.39 is 16.0 Å². The van der Waals surface area contributed by atoms with Crippen molar-refractivity contribution in [2.24, 2.45) is 5.92 Å². The zero-order valence-electron chi connectivity index (χ0n) is 18.9. The van der Waals surface area contributed by atoms with E-state index in [1.807, 2.05) is 43.0 Å². The number of likely N-dealkylation sites (N-methyl/N-ethyl adjacent to an activating group) is 2. The van der Waals surface area contributed by atoms with Crippen LogP contribution in [0.25, 0.3) is 0 Å². The van der Waals surface area contributed by atoms with Crippen LogP contribution in [-0.2, 0) is 16.4 Å². The van der Waals surface area contributed by atoms with Gasteiger partial charge in [0.1, 0.15) is 0 Å². The van der Waals surface area contributed by atoms with Gasteiger partial charge >= 0.3 is 5.97 Å². The zero-order chi connectivity index (χ0) is 23.2.